The van der Waals surface area contributed by atoms with Gasteiger partial charge in [-0.2, -0.15) is 0 Å². The molecule has 2 amide bonds. The lowest BCUT2D eigenvalue weighted by Crippen LogP contribution is -2.34. The van der Waals surface area contributed by atoms with E-state index in [2.05, 4.69) is 5.32 Å². The summed E-state index contributed by atoms with van der Waals surface area (Å²) in [6, 6.07) is 4.53. The molecule has 0 radical (unpaired) electrons. The number of rotatable bonds is 6. The number of halogens is 2. The largest absolute Gasteiger partial charge is 0.378 e. The maximum absolute atomic E-state index is 12.1. The van der Waals surface area contributed by atoms with Gasteiger partial charge in [0.25, 0.3) is 5.91 Å². The second-order valence-electron chi connectivity index (χ2n) is 4.70. The van der Waals surface area contributed by atoms with Crippen molar-refractivity contribution in [2.45, 2.75) is 19.4 Å². The van der Waals surface area contributed by atoms with Crippen molar-refractivity contribution in [1.29, 1.82) is 0 Å². The topological polar surface area (TPSA) is 69.6 Å². The number of nitrogens with one attached hydrogen (secondary N) is 1. The number of carbonyl (C=O) groups excluding carboxylic acids is 2. The molecule has 0 saturated carbocycles. The number of benzene rings is 1. The number of aliphatic hydroxyl groups is 1. The number of nitrogens with zero attached hydrogens (tertiary/aromatic N) is 1. The first-order valence-electron chi connectivity index (χ1n) is 6.44. The SMILES string of the molecule is CC(=O)NCCCN(C)C(=O)[C@H](O)c1cc(Cl)cc(Cl)c1. The molecule has 2 N–H and O–H groups in total. The van der Waals surface area contributed by atoms with Crippen molar-refractivity contribution in [3.8, 4) is 0 Å². The highest BCUT2D eigenvalue weighted by Crippen LogP contribution is 2.24. The van der Waals surface area contributed by atoms with E-state index in [-0.39, 0.29) is 5.91 Å². The zero-order valence-electron chi connectivity index (χ0n) is 11.9. The van der Waals surface area contributed by atoms with E-state index < -0.39 is 12.0 Å². The molecule has 0 unspecified atom stereocenters. The third kappa shape index (κ3) is 5.91. The van der Waals surface area contributed by atoms with Gasteiger partial charge in [0.15, 0.2) is 6.10 Å². The standard InChI is InChI=1S/C14H18Cl2N2O3/c1-9(19)17-4-3-5-18(2)14(21)13(20)10-6-11(15)8-12(16)7-10/h6-8,13,20H,3-5H2,1-2H3,(H,17,19)/t13-/m1/s1. The Labute approximate surface area is 133 Å². The van der Waals surface area contributed by atoms with E-state index in [0.717, 1.165) is 0 Å². The molecule has 7 heteroatoms. The van der Waals surface area contributed by atoms with Crippen molar-refractivity contribution in [3.05, 3.63) is 33.8 Å². The minimum atomic E-state index is -1.31. The summed E-state index contributed by atoms with van der Waals surface area (Å²) in [5, 5.41) is 13.4. The Morgan fingerprint density at radius 2 is 1.86 bits per heavy atom. The molecule has 0 fully saturated rings. The highest BCUT2D eigenvalue weighted by Gasteiger charge is 2.21. The van der Waals surface area contributed by atoms with Crippen LogP contribution in [0.25, 0.3) is 0 Å². The Bertz CT molecular complexity index is 503. The van der Waals surface area contributed by atoms with Crippen LogP contribution in [0.4, 0.5) is 0 Å². The lowest BCUT2D eigenvalue weighted by molar-refractivity contribution is -0.139. The fourth-order valence-electron chi connectivity index (χ4n) is 1.78. The van der Waals surface area contributed by atoms with Crippen LogP contribution in [-0.2, 0) is 9.59 Å². The first-order valence-corrected chi connectivity index (χ1v) is 7.20. The molecular weight excluding hydrogens is 315 g/mol. The van der Waals surface area contributed by atoms with E-state index in [9.17, 15) is 14.7 Å². The molecule has 1 aromatic rings. The number of likely N-dealkylation sites (N-methyl/N-ethyl adjacent to an activating group) is 1. The average molecular weight is 333 g/mol. The predicted molar refractivity (Wildman–Crippen MR) is 82.4 cm³/mol. The average Bonchev–Trinajstić information content (AvgIpc) is 2.40. The summed E-state index contributed by atoms with van der Waals surface area (Å²) in [5.74, 6) is -0.561. The molecular formula is C14H18Cl2N2O3. The number of aliphatic hydroxyl groups excluding tert-OH is 1. The summed E-state index contributed by atoms with van der Waals surface area (Å²) < 4.78 is 0. The first kappa shape index (κ1) is 17.8. The lowest BCUT2D eigenvalue weighted by Gasteiger charge is -2.21. The van der Waals surface area contributed by atoms with Crippen LogP contribution in [0.2, 0.25) is 10.0 Å². The molecule has 1 atom stereocenters. The second kappa shape index (κ2) is 8.22. The molecule has 0 aromatic heterocycles. The van der Waals surface area contributed by atoms with Crippen LogP contribution in [0.1, 0.15) is 25.0 Å². The van der Waals surface area contributed by atoms with E-state index in [1.54, 1.807) is 7.05 Å². The van der Waals surface area contributed by atoms with E-state index in [1.165, 1.54) is 30.0 Å². The molecule has 0 heterocycles. The molecule has 21 heavy (non-hydrogen) atoms. The third-order valence-electron chi connectivity index (χ3n) is 2.86. The predicted octanol–water partition coefficient (Wildman–Crippen LogP) is 2.01. The maximum atomic E-state index is 12.1. The molecule has 0 aliphatic rings. The summed E-state index contributed by atoms with van der Waals surface area (Å²) in [6.07, 6.45) is -0.711. The first-order chi connectivity index (χ1) is 9.81. The molecule has 1 rings (SSSR count). The number of carbonyl (C=O) groups is 2. The van der Waals surface area contributed by atoms with Crippen LogP contribution in [-0.4, -0.2) is 42.0 Å². The van der Waals surface area contributed by atoms with E-state index in [0.29, 0.717) is 35.1 Å². The lowest BCUT2D eigenvalue weighted by atomic mass is 10.1. The molecule has 5 nitrogen and oxygen atoms in total. The van der Waals surface area contributed by atoms with Gasteiger partial charge in [-0.05, 0) is 30.2 Å². The third-order valence-corrected chi connectivity index (χ3v) is 3.29. The van der Waals surface area contributed by atoms with Gasteiger partial charge < -0.3 is 15.3 Å². The molecule has 0 aliphatic heterocycles. The molecule has 1 aromatic carbocycles. The van der Waals surface area contributed by atoms with Crippen LogP contribution >= 0.6 is 23.2 Å². The van der Waals surface area contributed by atoms with Gasteiger partial charge in [0.05, 0.1) is 0 Å². The van der Waals surface area contributed by atoms with Crippen LogP contribution in [0.15, 0.2) is 18.2 Å². The maximum Gasteiger partial charge on any atom is 0.255 e. The van der Waals surface area contributed by atoms with Crippen molar-refractivity contribution in [1.82, 2.24) is 10.2 Å². The Hall–Kier alpha value is -1.30. The smallest absolute Gasteiger partial charge is 0.255 e. The van der Waals surface area contributed by atoms with Gasteiger partial charge in [0.2, 0.25) is 5.91 Å². The van der Waals surface area contributed by atoms with Crippen molar-refractivity contribution in [2.75, 3.05) is 20.1 Å². The van der Waals surface area contributed by atoms with Gasteiger partial charge in [-0.15, -0.1) is 0 Å². The van der Waals surface area contributed by atoms with Gasteiger partial charge in [0, 0.05) is 37.1 Å². The summed E-state index contributed by atoms with van der Waals surface area (Å²) in [4.78, 5) is 24.2. The fourth-order valence-corrected chi connectivity index (χ4v) is 2.32. The van der Waals surface area contributed by atoms with E-state index in [1.807, 2.05) is 0 Å². The van der Waals surface area contributed by atoms with Crippen LogP contribution in [0, 0.1) is 0 Å². The van der Waals surface area contributed by atoms with Gasteiger partial charge in [-0.1, -0.05) is 23.2 Å². The Morgan fingerprint density at radius 3 is 2.38 bits per heavy atom. The highest BCUT2D eigenvalue weighted by atomic mass is 35.5. The molecule has 0 saturated heterocycles. The Balaban J connectivity index is 2.58. The van der Waals surface area contributed by atoms with Crippen LogP contribution < -0.4 is 5.32 Å². The fraction of sp³-hybridized carbons (Fsp3) is 0.429. The van der Waals surface area contributed by atoms with Crippen LogP contribution in [0.3, 0.4) is 0 Å². The molecule has 0 bridgehead atoms. The number of hydrogen-bond acceptors (Lipinski definition) is 3. The second-order valence-corrected chi connectivity index (χ2v) is 5.57. The van der Waals surface area contributed by atoms with Crippen molar-refractivity contribution >= 4 is 35.0 Å². The minimum Gasteiger partial charge on any atom is -0.378 e. The van der Waals surface area contributed by atoms with Crippen molar-refractivity contribution in [3.63, 3.8) is 0 Å². The normalized spacial score (nSPS) is 11.9. The molecule has 0 aliphatic carbocycles. The zero-order valence-corrected chi connectivity index (χ0v) is 13.4. The number of hydrogen-bond donors (Lipinski definition) is 2. The summed E-state index contributed by atoms with van der Waals surface area (Å²) >= 11 is 11.7. The van der Waals surface area contributed by atoms with Gasteiger partial charge in [-0.3, -0.25) is 9.59 Å². The molecule has 116 valence electrons. The minimum absolute atomic E-state index is 0.113. The monoisotopic (exact) mass is 332 g/mol. The zero-order chi connectivity index (χ0) is 16.0. The van der Waals surface area contributed by atoms with Crippen molar-refractivity contribution in [2.24, 2.45) is 0 Å². The summed E-state index contributed by atoms with van der Waals surface area (Å²) in [6.45, 7) is 2.33. The van der Waals surface area contributed by atoms with E-state index >= 15 is 0 Å². The highest BCUT2D eigenvalue weighted by molar-refractivity contribution is 6.34. The quantitative estimate of drug-likeness (QED) is 0.783. The Morgan fingerprint density at radius 1 is 1.29 bits per heavy atom. The van der Waals surface area contributed by atoms with Crippen molar-refractivity contribution < 1.29 is 14.7 Å². The summed E-state index contributed by atoms with van der Waals surface area (Å²) in [5.41, 5.74) is 0.353. The van der Waals surface area contributed by atoms with E-state index in [4.69, 9.17) is 23.2 Å². The summed E-state index contributed by atoms with van der Waals surface area (Å²) in [7, 11) is 1.59. The number of amides is 2. The Kier molecular flexibility index (Phi) is 6.95. The van der Waals surface area contributed by atoms with Gasteiger partial charge in [0.1, 0.15) is 0 Å². The van der Waals surface area contributed by atoms with Gasteiger partial charge >= 0.3 is 0 Å². The van der Waals surface area contributed by atoms with Crippen LogP contribution in [0.5, 0.6) is 0 Å². The van der Waals surface area contributed by atoms with Gasteiger partial charge in [-0.25, -0.2) is 0 Å². The molecule has 0 spiro atoms.